The SMILES string of the molecule is COC(=O)C(Br)CNC1CCOC(C)C1. The summed E-state index contributed by atoms with van der Waals surface area (Å²) in [6.07, 6.45) is 2.31. The van der Waals surface area contributed by atoms with Crippen LogP contribution in [-0.2, 0) is 14.3 Å². The normalized spacial score (nSPS) is 28.5. The van der Waals surface area contributed by atoms with Gasteiger partial charge in [-0.25, -0.2) is 0 Å². The Labute approximate surface area is 98.8 Å². The Bertz CT molecular complexity index is 213. The molecular weight excluding hydrogens is 262 g/mol. The second kappa shape index (κ2) is 6.45. The van der Waals surface area contributed by atoms with Gasteiger partial charge in [0, 0.05) is 19.2 Å². The molecule has 1 rings (SSSR count). The number of nitrogens with one attached hydrogen (secondary N) is 1. The van der Waals surface area contributed by atoms with E-state index in [0.29, 0.717) is 18.7 Å². The van der Waals surface area contributed by atoms with Crippen molar-refractivity contribution in [1.82, 2.24) is 5.32 Å². The van der Waals surface area contributed by atoms with Crippen molar-refractivity contribution in [2.24, 2.45) is 0 Å². The molecule has 0 aromatic rings. The van der Waals surface area contributed by atoms with Crippen LogP contribution in [0.1, 0.15) is 19.8 Å². The summed E-state index contributed by atoms with van der Waals surface area (Å²) >= 11 is 3.28. The van der Waals surface area contributed by atoms with E-state index in [1.165, 1.54) is 7.11 Å². The second-order valence-electron chi connectivity index (χ2n) is 3.80. The Morgan fingerprint density at radius 1 is 1.73 bits per heavy atom. The molecule has 1 fully saturated rings. The first-order valence-corrected chi connectivity index (χ1v) is 6.12. The molecule has 1 aliphatic heterocycles. The zero-order valence-corrected chi connectivity index (χ0v) is 10.7. The molecular formula is C10H18BrNO3. The van der Waals surface area contributed by atoms with Gasteiger partial charge < -0.3 is 14.8 Å². The Morgan fingerprint density at radius 3 is 3.07 bits per heavy atom. The van der Waals surface area contributed by atoms with Gasteiger partial charge >= 0.3 is 5.97 Å². The third kappa shape index (κ3) is 4.49. The summed E-state index contributed by atoms with van der Waals surface area (Å²) < 4.78 is 10.1. The molecule has 3 atom stereocenters. The third-order valence-corrected chi connectivity index (χ3v) is 3.23. The molecule has 0 saturated carbocycles. The molecule has 5 heteroatoms. The summed E-state index contributed by atoms with van der Waals surface area (Å²) in [6, 6.07) is 0.443. The Hall–Kier alpha value is -0.130. The van der Waals surface area contributed by atoms with Crippen LogP contribution in [0, 0.1) is 0 Å². The molecule has 0 aliphatic carbocycles. The first-order chi connectivity index (χ1) is 7.13. The lowest BCUT2D eigenvalue weighted by Crippen LogP contribution is -2.42. The largest absolute Gasteiger partial charge is 0.468 e. The highest BCUT2D eigenvalue weighted by molar-refractivity contribution is 9.10. The summed E-state index contributed by atoms with van der Waals surface area (Å²) in [4.78, 5) is 10.9. The highest BCUT2D eigenvalue weighted by Crippen LogP contribution is 2.13. The molecule has 0 bridgehead atoms. The molecule has 1 saturated heterocycles. The number of rotatable bonds is 4. The molecule has 0 aromatic heterocycles. The number of ether oxygens (including phenoxy) is 2. The van der Waals surface area contributed by atoms with E-state index < -0.39 is 0 Å². The molecule has 1 N–H and O–H groups in total. The van der Waals surface area contributed by atoms with Crippen molar-refractivity contribution in [1.29, 1.82) is 0 Å². The van der Waals surface area contributed by atoms with Crippen LogP contribution in [0.4, 0.5) is 0 Å². The van der Waals surface area contributed by atoms with Crippen molar-refractivity contribution >= 4 is 21.9 Å². The van der Waals surface area contributed by atoms with Crippen LogP contribution in [0.15, 0.2) is 0 Å². The van der Waals surface area contributed by atoms with Crippen LogP contribution in [0.25, 0.3) is 0 Å². The predicted octanol–water partition coefficient (Wildman–Crippen LogP) is 1.08. The smallest absolute Gasteiger partial charge is 0.320 e. The Morgan fingerprint density at radius 2 is 2.47 bits per heavy atom. The fourth-order valence-corrected chi connectivity index (χ4v) is 2.04. The number of carbonyl (C=O) groups is 1. The van der Waals surface area contributed by atoms with Crippen LogP contribution >= 0.6 is 15.9 Å². The first-order valence-electron chi connectivity index (χ1n) is 5.20. The lowest BCUT2D eigenvalue weighted by molar-refractivity contribution is -0.139. The number of esters is 1. The van der Waals surface area contributed by atoms with Crippen LogP contribution in [0.3, 0.4) is 0 Å². The van der Waals surface area contributed by atoms with Gasteiger partial charge in [0.1, 0.15) is 4.83 Å². The summed E-state index contributed by atoms with van der Waals surface area (Å²) in [6.45, 7) is 3.47. The summed E-state index contributed by atoms with van der Waals surface area (Å²) in [5.74, 6) is -0.234. The van der Waals surface area contributed by atoms with Gasteiger partial charge in [0.05, 0.1) is 13.2 Å². The van der Waals surface area contributed by atoms with E-state index in [9.17, 15) is 4.79 Å². The lowest BCUT2D eigenvalue weighted by Gasteiger charge is -2.28. The van der Waals surface area contributed by atoms with Gasteiger partial charge in [0.15, 0.2) is 0 Å². The van der Waals surface area contributed by atoms with Crippen LogP contribution < -0.4 is 5.32 Å². The van der Waals surface area contributed by atoms with Gasteiger partial charge in [-0.2, -0.15) is 0 Å². The molecule has 0 aromatic carbocycles. The van der Waals surface area contributed by atoms with E-state index in [4.69, 9.17) is 4.74 Å². The van der Waals surface area contributed by atoms with Gasteiger partial charge in [-0.1, -0.05) is 15.9 Å². The van der Waals surface area contributed by atoms with Crippen molar-refractivity contribution < 1.29 is 14.3 Å². The highest BCUT2D eigenvalue weighted by Gasteiger charge is 2.21. The molecule has 1 heterocycles. The summed E-state index contributed by atoms with van der Waals surface area (Å²) in [7, 11) is 1.40. The van der Waals surface area contributed by atoms with E-state index in [-0.39, 0.29) is 10.8 Å². The van der Waals surface area contributed by atoms with Gasteiger partial charge in [-0.15, -0.1) is 0 Å². The number of methoxy groups -OCH3 is 1. The summed E-state index contributed by atoms with van der Waals surface area (Å²) in [5, 5.41) is 3.34. The zero-order valence-electron chi connectivity index (χ0n) is 9.16. The Kier molecular flexibility index (Phi) is 5.56. The van der Waals surface area contributed by atoms with Gasteiger partial charge in [0.25, 0.3) is 0 Å². The monoisotopic (exact) mass is 279 g/mol. The average Bonchev–Trinajstić information content (AvgIpc) is 2.25. The molecule has 88 valence electrons. The van der Waals surface area contributed by atoms with Crippen molar-refractivity contribution in [2.75, 3.05) is 20.3 Å². The van der Waals surface area contributed by atoms with E-state index in [1.54, 1.807) is 0 Å². The average molecular weight is 280 g/mol. The van der Waals surface area contributed by atoms with E-state index >= 15 is 0 Å². The quantitative estimate of drug-likeness (QED) is 0.618. The third-order valence-electron chi connectivity index (χ3n) is 2.53. The molecule has 1 aliphatic rings. The number of hydrogen-bond donors (Lipinski definition) is 1. The fourth-order valence-electron chi connectivity index (χ4n) is 1.66. The van der Waals surface area contributed by atoms with Gasteiger partial charge in [-0.05, 0) is 19.8 Å². The van der Waals surface area contributed by atoms with Crippen molar-refractivity contribution in [3.05, 3.63) is 0 Å². The topological polar surface area (TPSA) is 47.6 Å². The number of halogens is 1. The molecule has 0 amide bonds. The van der Waals surface area contributed by atoms with E-state index in [1.807, 2.05) is 0 Å². The molecule has 4 nitrogen and oxygen atoms in total. The number of hydrogen-bond acceptors (Lipinski definition) is 4. The molecule has 0 radical (unpaired) electrons. The maximum Gasteiger partial charge on any atom is 0.320 e. The first kappa shape index (κ1) is 12.9. The number of alkyl halides is 1. The standard InChI is InChI=1S/C10H18BrNO3/c1-7-5-8(3-4-15-7)12-6-9(11)10(13)14-2/h7-9,12H,3-6H2,1-2H3. The molecule has 3 unspecified atom stereocenters. The maximum atomic E-state index is 11.1. The van der Waals surface area contributed by atoms with Crippen LogP contribution in [0.5, 0.6) is 0 Å². The minimum absolute atomic E-state index is 0.234. The minimum atomic E-state index is -0.263. The summed E-state index contributed by atoms with van der Waals surface area (Å²) in [5.41, 5.74) is 0. The zero-order chi connectivity index (χ0) is 11.3. The van der Waals surface area contributed by atoms with Crippen molar-refractivity contribution in [3.8, 4) is 0 Å². The molecule has 15 heavy (non-hydrogen) atoms. The van der Waals surface area contributed by atoms with Crippen LogP contribution in [-0.4, -0.2) is 43.2 Å². The fraction of sp³-hybridized carbons (Fsp3) is 0.900. The van der Waals surface area contributed by atoms with Crippen LogP contribution in [0.2, 0.25) is 0 Å². The minimum Gasteiger partial charge on any atom is -0.468 e. The second-order valence-corrected chi connectivity index (χ2v) is 4.91. The maximum absolute atomic E-state index is 11.1. The van der Waals surface area contributed by atoms with Gasteiger partial charge in [-0.3, -0.25) is 4.79 Å². The molecule has 0 spiro atoms. The highest BCUT2D eigenvalue weighted by atomic mass is 79.9. The van der Waals surface area contributed by atoms with E-state index in [2.05, 4.69) is 32.9 Å². The Balaban J connectivity index is 2.21. The number of carbonyl (C=O) groups excluding carboxylic acids is 1. The lowest BCUT2D eigenvalue weighted by atomic mass is 10.0. The predicted molar refractivity (Wildman–Crippen MR) is 61.2 cm³/mol. The van der Waals surface area contributed by atoms with E-state index in [0.717, 1.165) is 19.4 Å². The van der Waals surface area contributed by atoms with Crippen molar-refractivity contribution in [3.63, 3.8) is 0 Å². The van der Waals surface area contributed by atoms with Gasteiger partial charge in [0.2, 0.25) is 0 Å². The van der Waals surface area contributed by atoms with Crippen molar-refractivity contribution in [2.45, 2.75) is 36.7 Å².